The number of ether oxygens (including phenoxy) is 2. The van der Waals surface area contributed by atoms with Crippen molar-refractivity contribution in [2.45, 2.75) is 52.2 Å². The van der Waals surface area contributed by atoms with Crippen molar-refractivity contribution in [2.24, 2.45) is 5.92 Å². The van der Waals surface area contributed by atoms with E-state index >= 15 is 0 Å². The maximum atomic E-state index is 12.2. The van der Waals surface area contributed by atoms with Crippen molar-refractivity contribution in [3.05, 3.63) is 23.8 Å². The number of hydrogen-bond acceptors (Lipinski definition) is 6. The quantitative estimate of drug-likeness (QED) is 0.691. The van der Waals surface area contributed by atoms with E-state index in [1.165, 1.54) is 6.92 Å². The molecule has 150 valence electrons. The Labute approximate surface area is 164 Å². The second-order valence-corrected chi connectivity index (χ2v) is 7.25. The molecule has 0 saturated heterocycles. The molecule has 0 bridgehead atoms. The molecule has 0 aliphatic carbocycles. The molecule has 1 aromatic carbocycles. The van der Waals surface area contributed by atoms with Crippen LogP contribution in [0.5, 0.6) is 5.75 Å². The number of rotatable bonds is 7. The Hall–Kier alpha value is -3.08. The molecule has 0 radical (unpaired) electrons. The lowest BCUT2D eigenvalue weighted by Crippen LogP contribution is -2.52. The van der Waals surface area contributed by atoms with Crippen LogP contribution < -0.4 is 15.4 Å². The first-order chi connectivity index (χ1) is 13.1. The van der Waals surface area contributed by atoms with Crippen molar-refractivity contribution in [1.82, 2.24) is 5.32 Å². The smallest absolute Gasteiger partial charge is 0.344 e. The highest BCUT2D eigenvalue weighted by atomic mass is 16.6. The summed E-state index contributed by atoms with van der Waals surface area (Å²) in [6.45, 7) is 6.33. The van der Waals surface area contributed by atoms with Gasteiger partial charge in [0.2, 0.25) is 5.91 Å². The summed E-state index contributed by atoms with van der Waals surface area (Å²) in [5.41, 5.74) is 0.622. The van der Waals surface area contributed by atoms with Gasteiger partial charge in [-0.25, -0.2) is 4.79 Å². The van der Waals surface area contributed by atoms with Gasteiger partial charge in [-0.1, -0.05) is 13.8 Å². The number of nitrogens with zero attached hydrogens (tertiary/aromatic N) is 1. The third-order valence-corrected chi connectivity index (χ3v) is 4.78. The first-order valence-electron chi connectivity index (χ1n) is 9.13. The van der Waals surface area contributed by atoms with Crippen LogP contribution in [0.15, 0.2) is 18.2 Å². The van der Waals surface area contributed by atoms with Crippen LogP contribution in [0.2, 0.25) is 0 Å². The highest BCUT2D eigenvalue weighted by Crippen LogP contribution is 2.26. The highest BCUT2D eigenvalue weighted by Gasteiger charge is 2.32. The Balaban J connectivity index is 1.86. The van der Waals surface area contributed by atoms with Crippen molar-refractivity contribution in [2.75, 3.05) is 11.9 Å². The summed E-state index contributed by atoms with van der Waals surface area (Å²) in [5.74, 6) is -0.906. The molecule has 2 atom stereocenters. The number of carbonyl (C=O) groups excluding carboxylic acids is 3. The molecule has 1 heterocycles. The van der Waals surface area contributed by atoms with Gasteiger partial charge in [-0.2, -0.15) is 5.26 Å². The molecule has 1 aliphatic heterocycles. The molecular weight excluding hydrogens is 362 g/mol. The largest absolute Gasteiger partial charge is 0.482 e. The van der Waals surface area contributed by atoms with Crippen molar-refractivity contribution < 1.29 is 23.9 Å². The van der Waals surface area contributed by atoms with E-state index in [4.69, 9.17) is 9.47 Å². The van der Waals surface area contributed by atoms with Gasteiger partial charge in [-0.05, 0) is 49.9 Å². The zero-order valence-corrected chi connectivity index (χ0v) is 16.5. The summed E-state index contributed by atoms with van der Waals surface area (Å²) in [5, 5.41) is 14.6. The summed E-state index contributed by atoms with van der Waals surface area (Å²) in [6.07, 6.45) is -0.0438. The number of benzene rings is 1. The molecule has 0 saturated carbocycles. The maximum absolute atomic E-state index is 12.2. The molecule has 0 aromatic heterocycles. The minimum Gasteiger partial charge on any atom is -0.482 e. The second kappa shape index (κ2) is 8.74. The normalized spacial score (nSPS) is 16.1. The van der Waals surface area contributed by atoms with E-state index in [-0.39, 0.29) is 18.4 Å². The fourth-order valence-corrected chi connectivity index (χ4v) is 2.54. The first kappa shape index (κ1) is 21.2. The highest BCUT2D eigenvalue weighted by molar-refractivity contribution is 5.94. The van der Waals surface area contributed by atoms with Gasteiger partial charge in [-0.3, -0.25) is 9.59 Å². The van der Waals surface area contributed by atoms with Crippen LogP contribution >= 0.6 is 0 Å². The number of esters is 1. The van der Waals surface area contributed by atoms with E-state index in [0.717, 1.165) is 11.3 Å². The van der Waals surface area contributed by atoms with E-state index in [1.807, 2.05) is 13.8 Å². The van der Waals surface area contributed by atoms with Crippen molar-refractivity contribution in [1.29, 1.82) is 5.26 Å². The lowest BCUT2D eigenvalue weighted by atomic mass is 9.90. The minimum absolute atomic E-state index is 0.0260. The number of aryl methyl sites for hydroxylation is 1. The molecular formula is C20H25N3O5. The summed E-state index contributed by atoms with van der Waals surface area (Å²) < 4.78 is 10.5. The van der Waals surface area contributed by atoms with Gasteiger partial charge >= 0.3 is 5.97 Å². The fraction of sp³-hybridized carbons (Fsp3) is 0.500. The number of carbonyl (C=O) groups is 3. The van der Waals surface area contributed by atoms with Crippen LogP contribution in [0.3, 0.4) is 0 Å². The van der Waals surface area contributed by atoms with E-state index in [2.05, 4.69) is 16.7 Å². The molecule has 1 aliphatic rings. The third-order valence-electron chi connectivity index (χ3n) is 4.78. The molecule has 28 heavy (non-hydrogen) atoms. The van der Waals surface area contributed by atoms with Crippen LogP contribution in [0.4, 0.5) is 5.69 Å². The maximum Gasteiger partial charge on any atom is 0.344 e. The van der Waals surface area contributed by atoms with E-state index in [9.17, 15) is 19.6 Å². The third kappa shape index (κ3) is 5.22. The first-order valence-corrected chi connectivity index (χ1v) is 9.13. The molecule has 0 fully saturated rings. The molecule has 2 N–H and O–H groups in total. The SMILES string of the molecule is CC(OC(=O)COc1ccc2c(c1)CCC(=O)N2)C(=O)NC(C)(C#N)C(C)C. The number of fused-ring (bicyclic) bond motifs is 1. The Bertz CT molecular complexity index is 815. The number of nitriles is 1. The van der Waals surface area contributed by atoms with Crippen molar-refractivity contribution in [3.8, 4) is 11.8 Å². The van der Waals surface area contributed by atoms with E-state index in [0.29, 0.717) is 18.6 Å². The zero-order chi connectivity index (χ0) is 20.9. The monoisotopic (exact) mass is 387 g/mol. The lowest BCUT2D eigenvalue weighted by molar-refractivity contribution is -0.157. The Kier molecular flexibility index (Phi) is 6.62. The van der Waals surface area contributed by atoms with Crippen LogP contribution in [0, 0.1) is 17.2 Å². The van der Waals surface area contributed by atoms with E-state index < -0.39 is 23.5 Å². The topological polar surface area (TPSA) is 118 Å². The molecule has 0 spiro atoms. The Morgan fingerprint density at radius 3 is 2.68 bits per heavy atom. The summed E-state index contributed by atoms with van der Waals surface area (Å²) in [6, 6.07) is 7.20. The van der Waals surface area contributed by atoms with Crippen LogP contribution in [-0.2, 0) is 25.5 Å². The molecule has 2 amide bonds. The van der Waals surface area contributed by atoms with Gasteiger partial charge in [0, 0.05) is 12.1 Å². The molecule has 1 aromatic rings. The van der Waals surface area contributed by atoms with Gasteiger partial charge in [0.1, 0.15) is 11.3 Å². The molecule has 2 rings (SSSR count). The fourth-order valence-electron chi connectivity index (χ4n) is 2.54. The molecule has 8 heteroatoms. The standard InChI is InChI=1S/C20H25N3O5/c1-12(2)20(4,11-21)23-19(26)13(3)28-18(25)10-27-15-6-7-16-14(9-15)5-8-17(24)22-16/h6-7,9,12-13H,5,8,10H2,1-4H3,(H,22,24)(H,23,26). The summed E-state index contributed by atoms with van der Waals surface area (Å²) in [7, 11) is 0. The van der Waals surface area contributed by atoms with Gasteiger partial charge in [0.05, 0.1) is 6.07 Å². The van der Waals surface area contributed by atoms with Gasteiger partial charge in [0.15, 0.2) is 12.7 Å². The van der Waals surface area contributed by atoms with Gasteiger partial charge < -0.3 is 20.1 Å². The number of amides is 2. The van der Waals surface area contributed by atoms with Crippen molar-refractivity contribution in [3.63, 3.8) is 0 Å². The average molecular weight is 387 g/mol. The lowest BCUT2D eigenvalue weighted by Gasteiger charge is -2.28. The molecule has 2 unspecified atom stereocenters. The van der Waals surface area contributed by atoms with Crippen molar-refractivity contribution >= 4 is 23.5 Å². The average Bonchev–Trinajstić information content (AvgIpc) is 2.65. The van der Waals surface area contributed by atoms with Gasteiger partial charge in [0.25, 0.3) is 5.91 Å². The number of anilines is 1. The zero-order valence-electron chi connectivity index (χ0n) is 16.5. The summed E-state index contributed by atoms with van der Waals surface area (Å²) >= 11 is 0. The molecule has 8 nitrogen and oxygen atoms in total. The second-order valence-electron chi connectivity index (χ2n) is 7.25. The predicted octanol–water partition coefficient (Wildman–Crippen LogP) is 1.94. The van der Waals surface area contributed by atoms with E-state index in [1.54, 1.807) is 25.1 Å². The van der Waals surface area contributed by atoms with Crippen LogP contribution in [0.1, 0.15) is 39.7 Å². The van der Waals surface area contributed by atoms with Gasteiger partial charge in [-0.15, -0.1) is 0 Å². The predicted molar refractivity (Wildman–Crippen MR) is 101 cm³/mol. The Morgan fingerprint density at radius 1 is 1.32 bits per heavy atom. The number of hydrogen-bond donors (Lipinski definition) is 2. The summed E-state index contributed by atoms with van der Waals surface area (Å²) in [4.78, 5) is 35.6. The Morgan fingerprint density at radius 2 is 2.04 bits per heavy atom. The van der Waals surface area contributed by atoms with Crippen LogP contribution in [-0.4, -0.2) is 36.0 Å². The van der Waals surface area contributed by atoms with Crippen LogP contribution in [0.25, 0.3) is 0 Å². The minimum atomic E-state index is -1.05. The number of nitrogens with one attached hydrogen (secondary N) is 2.